The summed E-state index contributed by atoms with van der Waals surface area (Å²) in [5.74, 6) is -1.43. The van der Waals surface area contributed by atoms with Crippen molar-refractivity contribution >= 4 is 0 Å². The third-order valence-electron chi connectivity index (χ3n) is 5.07. The van der Waals surface area contributed by atoms with Gasteiger partial charge in [0.05, 0.1) is 6.54 Å². The average Bonchev–Trinajstić information content (AvgIpc) is 3.08. The molecule has 1 saturated carbocycles. The van der Waals surface area contributed by atoms with Crippen LogP contribution in [0.2, 0.25) is 0 Å². The van der Waals surface area contributed by atoms with E-state index in [0.29, 0.717) is 0 Å². The first-order chi connectivity index (χ1) is 12.0. The molecular formula is C18H24F2N4O. The summed E-state index contributed by atoms with van der Waals surface area (Å²) in [7, 11) is 0. The van der Waals surface area contributed by atoms with Crippen molar-refractivity contribution in [2.24, 2.45) is 0 Å². The van der Waals surface area contributed by atoms with E-state index in [0.717, 1.165) is 37.8 Å². The highest BCUT2D eigenvalue weighted by molar-refractivity contribution is 5.27. The van der Waals surface area contributed by atoms with E-state index in [9.17, 15) is 13.9 Å². The summed E-state index contributed by atoms with van der Waals surface area (Å²) in [4.78, 5) is 3.88. The van der Waals surface area contributed by atoms with Crippen LogP contribution < -0.4 is 5.32 Å². The van der Waals surface area contributed by atoms with Crippen molar-refractivity contribution in [3.8, 4) is 0 Å². The maximum absolute atomic E-state index is 14.4. The largest absolute Gasteiger partial charge is 0.381 e. The van der Waals surface area contributed by atoms with E-state index >= 15 is 0 Å². The predicted molar refractivity (Wildman–Crippen MR) is 89.7 cm³/mol. The minimum absolute atomic E-state index is 0.0242. The van der Waals surface area contributed by atoms with E-state index in [2.05, 4.69) is 15.4 Å². The van der Waals surface area contributed by atoms with Gasteiger partial charge in [-0.2, -0.15) is 5.10 Å². The van der Waals surface area contributed by atoms with Gasteiger partial charge in [-0.25, -0.2) is 18.4 Å². The third-order valence-corrected chi connectivity index (χ3v) is 5.07. The molecule has 25 heavy (non-hydrogen) atoms. The molecule has 0 amide bonds. The zero-order valence-corrected chi connectivity index (χ0v) is 14.3. The van der Waals surface area contributed by atoms with Gasteiger partial charge in [-0.3, -0.25) is 0 Å². The molecule has 0 bridgehead atoms. The van der Waals surface area contributed by atoms with Crippen LogP contribution in [0.1, 0.15) is 44.6 Å². The van der Waals surface area contributed by atoms with Crippen LogP contribution >= 0.6 is 0 Å². The molecule has 1 aromatic heterocycles. The molecule has 2 N–H and O–H groups in total. The molecular weight excluding hydrogens is 326 g/mol. The van der Waals surface area contributed by atoms with Crippen molar-refractivity contribution < 1.29 is 13.9 Å². The van der Waals surface area contributed by atoms with Crippen LogP contribution in [0.3, 0.4) is 0 Å². The van der Waals surface area contributed by atoms with E-state index in [1.54, 1.807) is 0 Å². The Kier molecular flexibility index (Phi) is 5.44. The van der Waals surface area contributed by atoms with Gasteiger partial charge in [0, 0.05) is 23.7 Å². The lowest BCUT2D eigenvalue weighted by molar-refractivity contribution is -0.0246. The predicted octanol–water partition coefficient (Wildman–Crippen LogP) is 2.75. The first-order valence-electron chi connectivity index (χ1n) is 8.75. The van der Waals surface area contributed by atoms with Gasteiger partial charge >= 0.3 is 0 Å². The smallest absolute Gasteiger partial charge is 0.137 e. The number of aromatic nitrogens is 3. The van der Waals surface area contributed by atoms with Crippen LogP contribution in [0.25, 0.3) is 0 Å². The number of rotatable bonds is 6. The number of hydrogen-bond donors (Lipinski definition) is 2. The van der Waals surface area contributed by atoms with Crippen molar-refractivity contribution in [1.82, 2.24) is 20.1 Å². The van der Waals surface area contributed by atoms with Crippen molar-refractivity contribution in [3.63, 3.8) is 0 Å². The average molecular weight is 350 g/mol. The molecule has 1 aliphatic rings. The lowest BCUT2D eigenvalue weighted by Gasteiger charge is -2.38. The second-order valence-corrected chi connectivity index (χ2v) is 6.86. The summed E-state index contributed by atoms with van der Waals surface area (Å²) in [6.45, 7) is 1.85. The Balaban J connectivity index is 1.89. The SMILES string of the molecule is CC(NC1CCCCC1)C(O)(Cn1cncn1)c1ccc(F)cc1F. The Morgan fingerprint density at radius 1 is 1.32 bits per heavy atom. The number of benzene rings is 1. The molecule has 3 rings (SSSR count). The molecule has 136 valence electrons. The van der Waals surface area contributed by atoms with Crippen molar-refractivity contribution in [1.29, 1.82) is 0 Å². The lowest BCUT2D eigenvalue weighted by Crippen LogP contribution is -2.53. The van der Waals surface area contributed by atoms with Crippen molar-refractivity contribution in [2.75, 3.05) is 0 Å². The Labute approximate surface area is 146 Å². The topological polar surface area (TPSA) is 63.0 Å². The first-order valence-corrected chi connectivity index (χ1v) is 8.75. The van der Waals surface area contributed by atoms with Crippen molar-refractivity contribution in [2.45, 2.75) is 63.3 Å². The molecule has 1 aromatic carbocycles. The zero-order valence-electron chi connectivity index (χ0n) is 14.3. The van der Waals surface area contributed by atoms with Gasteiger partial charge in [0.1, 0.15) is 29.9 Å². The molecule has 1 fully saturated rings. The van der Waals surface area contributed by atoms with Crippen LogP contribution in [0, 0.1) is 11.6 Å². The van der Waals surface area contributed by atoms with Gasteiger partial charge in [-0.05, 0) is 25.8 Å². The minimum atomic E-state index is -1.58. The molecule has 0 aliphatic heterocycles. The molecule has 2 unspecified atom stereocenters. The Hall–Kier alpha value is -1.86. The molecule has 0 radical (unpaired) electrons. The quantitative estimate of drug-likeness (QED) is 0.841. The van der Waals surface area contributed by atoms with E-state index in [1.165, 1.54) is 29.8 Å². The molecule has 1 aliphatic carbocycles. The van der Waals surface area contributed by atoms with Crippen LogP contribution in [-0.2, 0) is 12.1 Å². The van der Waals surface area contributed by atoms with E-state index in [4.69, 9.17) is 0 Å². The summed E-state index contributed by atoms with van der Waals surface area (Å²) >= 11 is 0. The zero-order chi connectivity index (χ0) is 17.9. The monoisotopic (exact) mass is 350 g/mol. The van der Waals surface area contributed by atoms with Gasteiger partial charge in [-0.1, -0.05) is 25.3 Å². The van der Waals surface area contributed by atoms with Gasteiger partial charge in [0.2, 0.25) is 0 Å². The number of hydrogen-bond acceptors (Lipinski definition) is 4. The van der Waals surface area contributed by atoms with Crippen LogP contribution in [0.5, 0.6) is 0 Å². The fourth-order valence-electron chi connectivity index (χ4n) is 3.62. The Bertz CT molecular complexity index is 688. The third kappa shape index (κ3) is 4.04. The number of nitrogens with zero attached hydrogens (tertiary/aromatic N) is 3. The van der Waals surface area contributed by atoms with Crippen LogP contribution in [0.4, 0.5) is 8.78 Å². The highest BCUT2D eigenvalue weighted by Gasteiger charge is 2.40. The van der Waals surface area contributed by atoms with E-state index < -0.39 is 23.3 Å². The maximum Gasteiger partial charge on any atom is 0.137 e. The summed E-state index contributed by atoms with van der Waals surface area (Å²) in [6.07, 6.45) is 8.43. The van der Waals surface area contributed by atoms with Crippen LogP contribution in [0.15, 0.2) is 30.9 Å². The fraction of sp³-hybridized carbons (Fsp3) is 0.556. The van der Waals surface area contributed by atoms with E-state index in [-0.39, 0.29) is 18.2 Å². The molecule has 2 aromatic rings. The Morgan fingerprint density at radius 3 is 2.72 bits per heavy atom. The molecule has 0 saturated heterocycles. The number of nitrogens with one attached hydrogen (secondary N) is 1. The molecule has 5 nitrogen and oxygen atoms in total. The van der Waals surface area contributed by atoms with Gasteiger partial charge in [-0.15, -0.1) is 0 Å². The van der Waals surface area contributed by atoms with Crippen LogP contribution in [-0.4, -0.2) is 32.0 Å². The van der Waals surface area contributed by atoms with Gasteiger partial charge in [0.25, 0.3) is 0 Å². The van der Waals surface area contributed by atoms with E-state index in [1.807, 2.05) is 6.92 Å². The molecule has 0 spiro atoms. The van der Waals surface area contributed by atoms with Gasteiger partial charge < -0.3 is 10.4 Å². The number of halogens is 2. The molecule has 1 heterocycles. The molecule has 7 heteroatoms. The molecule has 2 atom stereocenters. The summed E-state index contributed by atoms with van der Waals surface area (Å²) in [6, 6.07) is 3.11. The summed E-state index contributed by atoms with van der Waals surface area (Å²) in [5, 5.41) is 18.9. The van der Waals surface area contributed by atoms with Crippen molar-refractivity contribution in [3.05, 3.63) is 48.1 Å². The normalized spacial score (nSPS) is 19.5. The maximum atomic E-state index is 14.4. The second kappa shape index (κ2) is 7.58. The summed E-state index contributed by atoms with van der Waals surface area (Å²) in [5.41, 5.74) is -1.52. The minimum Gasteiger partial charge on any atom is -0.381 e. The fourth-order valence-corrected chi connectivity index (χ4v) is 3.62. The standard InChI is InChI=1S/C18H24F2N4O/c1-13(23-15-5-3-2-4-6-15)18(25,10-24-12-21-11-22-24)16-8-7-14(19)9-17(16)20/h7-9,11-13,15,23,25H,2-6,10H2,1H3. The summed E-state index contributed by atoms with van der Waals surface area (Å²) < 4.78 is 29.2. The highest BCUT2D eigenvalue weighted by atomic mass is 19.1. The lowest BCUT2D eigenvalue weighted by atomic mass is 9.85. The highest BCUT2D eigenvalue weighted by Crippen LogP contribution is 2.31. The second-order valence-electron chi connectivity index (χ2n) is 6.86. The first kappa shape index (κ1) is 17.9. The van der Waals surface area contributed by atoms with Gasteiger partial charge in [0.15, 0.2) is 0 Å². The number of aliphatic hydroxyl groups is 1. The Morgan fingerprint density at radius 2 is 2.08 bits per heavy atom.